The zero-order valence-electron chi connectivity index (χ0n) is 17.8. The molecule has 5 rings (SSSR count). The quantitative estimate of drug-likeness (QED) is 0.472. The third-order valence-corrected chi connectivity index (χ3v) is 8.67. The minimum absolute atomic E-state index is 0.0828. The van der Waals surface area contributed by atoms with Gasteiger partial charge in [-0.2, -0.15) is 4.31 Å². The number of hydrogen-bond acceptors (Lipinski definition) is 3. The largest absolute Gasteiger partial charge is 0.378 e. The van der Waals surface area contributed by atoms with E-state index in [2.05, 4.69) is 23.5 Å². The summed E-state index contributed by atoms with van der Waals surface area (Å²) < 4.78 is 28.0. The lowest BCUT2D eigenvalue weighted by molar-refractivity contribution is 0.424. The maximum absolute atomic E-state index is 13.3. The average Bonchev–Trinajstić information content (AvgIpc) is 3.30. The number of nitrogens with one attached hydrogen (secondary N) is 1. The molecular weight excluding hydrogens is 440 g/mol. The van der Waals surface area contributed by atoms with Crippen molar-refractivity contribution in [3.05, 3.63) is 107 Å². The zero-order valence-corrected chi connectivity index (χ0v) is 19.4. The highest BCUT2D eigenvalue weighted by Gasteiger charge is 2.39. The molecule has 0 aromatic heterocycles. The summed E-state index contributed by atoms with van der Waals surface area (Å²) in [5, 5.41) is 4.39. The minimum atomic E-state index is -3.61. The number of nitrogens with zero attached hydrogens (tertiary/aromatic N) is 1. The summed E-state index contributed by atoms with van der Waals surface area (Å²) in [6.07, 6.45) is 5.33. The van der Waals surface area contributed by atoms with Gasteiger partial charge in [0.15, 0.2) is 0 Å². The van der Waals surface area contributed by atoms with E-state index >= 15 is 0 Å². The second-order valence-electron chi connectivity index (χ2n) is 8.49. The summed E-state index contributed by atoms with van der Waals surface area (Å²) in [5.41, 5.74) is 4.03. The van der Waals surface area contributed by atoms with E-state index in [9.17, 15) is 8.42 Å². The van der Waals surface area contributed by atoms with E-state index < -0.39 is 10.0 Å². The van der Waals surface area contributed by atoms with Gasteiger partial charge in [0, 0.05) is 30.2 Å². The van der Waals surface area contributed by atoms with Gasteiger partial charge in [0.25, 0.3) is 0 Å². The molecule has 0 spiro atoms. The highest BCUT2D eigenvalue weighted by molar-refractivity contribution is 7.89. The van der Waals surface area contributed by atoms with Crippen LogP contribution < -0.4 is 5.32 Å². The maximum Gasteiger partial charge on any atom is 0.243 e. The first-order valence-corrected chi connectivity index (χ1v) is 12.6. The Morgan fingerprint density at radius 1 is 1.00 bits per heavy atom. The van der Waals surface area contributed by atoms with Crippen LogP contribution in [-0.2, 0) is 16.6 Å². The van der Waals surface area contributed by atoms with Crippen molar-refractivity contribution in [3.8, 4) is 0 Å². The molecule has 1 N–H and O–H groups in total. The highest BCUT2D eigenvalue weighted by atomic mass is 35.5. The van der Waals surface area contributed by atoms with E-state index in [0.717, 1.165) is 33.8 Å². The van der Waals surface area contributed by atoms with E-state index in [1.54, 1.807) is 13.1 Å². The minimum Gasteiger partial charge on any atom is -0.378 e. The van der Waals surface area contributed by atoms with Gasteiger partial charge in [0.2, 0.25) is 10.0 Å². The van der Waals surface area contributed by atoms with Crippen LogP contribution in [0.4, 0.5) is 5.69 Å². The topological polar surface area (TPSA) is 49.4 Å². The van der Waals surface area contributed by atoms with Gasteiger partial charge in [0.1, 0.15) is 0 Å². The molecule has 0 fully saturated rings. The van der Waals surface area contributed by atoms with Crippen LogP contribution in [0.5, 0.6) is 0 Å². The Morgan fingerprint density at radius 3 is 2.53 bits per heavy atom. The summed E-state index contributed by atoms with van der Waals surface area (Å²) in [6.45, 7) is 0.332. The lowest BCUT2D eigenvalue weighted by atomic mass is 9.77. The lowest BCUT2D eigenvalue weighted by Gasteiger charge is -2.38. The van der Waals surface area contributed by atoms with E-state index in [1.165, 1.54) is 4.31 Å². The number of benzene rings is 3. The Morgan fingerprint density at radius 2 is 1.75 bits per heavy atom. The molecule has 3 aromatic rings. The van der Waals surface area contributed by atoms with Crippen molar-refractivity contribution in [3.63, 3.8) is 0 Å². The number of hydrogen-bond donors (Lipinski definition) is 1. The number of anilines is 1. The van der Waals surface area contributed by atoms with Gasteiger partial charge >= 0.3 is 0 Å². The van der Waals surface area contributed by atoms with Crippen LogP contribution in [0.2, 0.25) is 5.02 Å². The van der Waals surface area contributed by atoms with Crippen molar-refractivity contribution in [1.82, 2.24) is 4.31 Å². The van der Waals surface area contributed by atoms with Crippen LogP contribution in [0.1, 0.15) is 35.1 Å². The van der Waals surface area contributed by atoms with Crippen LogP contribution in [0.15, 0.2) is 89.8 Å². The van der Waals surface area contributed by atoms with Crippen LogP contribution in [-0.4, -0.2) is 19.8 Å². The summed E-state index contributed by atoms with van der Waals surface area (Å²) in [5.74, 6) is 0.449. The third-order valence-electron chi connectivity index (χ3n) is 6.53. The molecule has 0 saturated carbocycles. The zero-order chi connectivity index (χ0) is 22.3. The summed E-state index contributed by atoms with van der Waals surface area (Å²) in [7, 11) is -1.98. The molecule has 3 unspecified atom stereocenters. The van der Waals surface area contributed by atoms with E-state index in [0.29, 0.717) is 17.4 Å². The van der Waals surface area contributed by atoms with Gasteiger partial charge < -0.3 is 5.32 Å². The Bertz CT molecular complexity index is 1270. The highest BCUT2D eigenvalue weighted by Crippen LogP contribution is 2.51. The molecule has 3 aromatic carbocycles. The monoisotopic (exact) mass is 464 g/mol. The first kappa shape index (κ1) is 21.3. The van der Waals surface area contributed by atoms with E-state index in [1.807, 2.05) is 60.7 Å². The Labute approximate surface area is 194 Å². The molecule has 4 nitrogen and oxygen atoms in total. The fourth-order valence-corrected chi connectivity index (χ4v) is 6.32. The van der Waals surface area contributed by atoms with Crippen LogP contribution in [0.25, 0.3) is 0 Å². The van der Waals surface area contributed by atoms with Crippen LogP contribution >= 0.6 is 11.6 Å². The van der Waals surface area contributed by atoms with Gasteiger partial charge in [-0.1, -0.05) is 72.3 Å². The molecule has 6 heteroatoms. The molecule has 1 aliphatic heterocycles. The molecule has 1 aliphatic carbocycles. The second-order valence-corrected chi connectivity index (χ2v) is 10.9. The fourth-order valence-electron chi connectivity index (χ4n) is 4.87. The summed E-state index contributed by atoms with van der Waals surface area (Å²) in [4.78, 5) is 0.326. The van der Waals surface area contributed by atoms with Crippen molar-refractivity contribution in [2.24, 2.45) is 5.92 Å². The van der Waals surface area contributed by atoms with Crippen molar-refractivity contribution in [2.75, 3.05) is 12.4 Å². The van der Waals surface area contributed by atoms with Crippen LogP contribution in [0.3, 0.4) is 0 Å². The van der Waals surface area contributed by atoms with Crippen molar-refractivity contribution >= 4 is 27.3 Å². The predicted molar refractivity (Wildman–Crippen MR) is 129 cm³/mol. The Balaban J connectivity index is 1.48. The predicted octanol–water partition coefficient (Wildman–Crippen LogP) is 5.99. The Hall–Kier alpha value is -2.60. The van der Waals surface area contributed by atoms with Crippen molar-refractivity contribution in [2.45, 2.75) is 29.8 Å². The molecular formula is C26H25ClN2O2S. The second kappa shape index (κ2) is 8.39. The van der Waals surface area contributed by atoms with Gasteiger partial charge in [0.05, 0.1) is 10.9 Å². The van der Waals surface area contributed by atoms with Gasteiger partial charge in [-0.3, -0.25) is 0 Å². The molecule has 1 heterocycles. The standard InChI is InChI=1S/C26H25ClN2O2S/c1-29(17-18-8-3-2-4-9-18)32(30,31)19-14-15-25-23(16-19)20-11-7-12-21(20)26(28-25)22-10-5-6-13-24(22)27/h2-11,13-16,20-21,26,28H,12,17H2,1H3. The molecule has 164 valence electrons. The maximum atomic E-state index is 13.3. The van der Waals surface area contributed by atoms with Gasteiger partial charge in [-0.05, 0) is 53.3 Å². The number of allylic oxidation sites excluding steroid dienone is 2. The van der Waals surface area contributed by atoms with Crippen molar-refractivity contribution in [1.29, 1.82) is 0 Å². The molecule has 0 bridgehead atoms. The molecule has 0 amide bonds. The average molecular weight is 465 g/mol. The molecule has 2 aliphatic rings. The summed E-state index contributed by atoms with van der Waals surface area (Å²) >= 11 is 6.52. The molecule has 0 saturated heterocycles. The van der Waals surface area contributed by atoms with Crippen molar-refractivity contribution < 1.29 is 8.42 Å². The fraction of sp³-hybridized carbons (Fsp3) is 0.231. The number of sulfonamides is 1. The third kappa shape index (κ3) is 3.75. The number of rotatable bonds is 5. The molecule has 3 atom stereocenters. The Kier molecular flexibility index (Phi) is 5.58. The van der Waals surface area contributed by atoms with Gasteiger partial charge in [-0.15, -0.1) is 0 Å². The van der Waals surface area contributed by atoms with E-state index in [-0.39, 0.29) is 12.0 Å². The SMILES string of the molecule is CN(Cc1ccccc1)S(=O)(=O)c1ccc2c(c1)C1C=CCC1C(c1ccccc1Cl)N2. The normalized spacial score (nSPS) is 21.8. The first-order chi connectivity index (χ1) is 15.4. The summed E-state index contributed by atoms with van der Waals surface area (Å²) in [6, 6.07) is 23.1. The first-order valence-electron chi connectivity index (χ1n) is 10.8. The van der Waals surface area contributed by atoms with E-state index in [4.69, 9.17) is 11.6 Å². The molecule has 32 heavy (non-hydrogen) atoms. The number of fused-ring (bicyclic) bond motifs is 3. The van der Waals surface area contributed by atoms with Gasteiger partial charge in [-0.25, -0.2) is 8.42 Å². The lowest BCUT2D eigenvalue weighted by Crippen LogP contribution is -2.30. The molecule has 0 radical (unpaired) electrons. The number of halogens is 1. The smallest absolute Gasteiger partial charge is 0.243 e. The van der Waals surface area contributed by atoms with Crippen LogP contribution in [0, 0.1) is 5.92 Å².